The van der Waals surface area contributed by atoms with Crippen LogP contribution in [0.15, 0.2) is 24.3 Å². The average molecular weight is 425 g/mol. The SMILES string of the molecule is CO[C@H]1CCN(c2nc(Nc3cc(C4CC4)[nH]n3)c3sc4c(F)cccc4c3n2)C1. The minimum atomic E-state index is -0.237. The van der Waals surface area contributed by atoms with Gasteiger partial charge in [-0.25, -0.2) is 9.37 Å². The van der Waals surface area contributed by atoms with Crippen molar-refractivity contribution in [1.82, 2.24) is 20.2 Å². The zero-order valence-corrected chi connectivity index (χ0v) is 17.3. The molecule has 0 radical (unpaired) electrons. The van der Waals surface area contributed by atoms with Crippen LogP contribution in [0, 0.1) is 5.82 Å². The van der Waals surface area contributed by atoms with E-state index in [1.807, 2.05) is 12.1 Å². The molecule has 7 nitrogen and oxygen atoms in total. The molecule has 9 heteroatoms. The van der Waals surface area contributed by atoms with Crippen molar-refractivity contribution in [2.24, 2.45) is 0 Å². The first kappa shape index (κ1) is 18.0. The van der Waals surface area contributed by atoms with Crippen molar-refractivity contribution in [3.8, 4) is 0 Å². The van der Waals surface area contributed by atoms with E-state index in [0.717, 1.165) is 46.6 Å². The fraction of sp³-hybridized carbons (Fsp3) is 0.381. The van der Waals surface area contributed by atoms with Crippen LogP contribution in [0.1, 0.15) is 30.9 Å². The maximum Gasteiger partial charge on any atom is 0.228 e. The number of halogens is 1. The monoisotopic (exact) mass is 424 g/mol. The van der Waals surface area contributed by atoms with E-state index in [0.29, 0.717) is 22.4 Å². The lowest BCUT2D eigenvalue weighted by Crippen LogP contribution is -2.24. The van der Waals surface area contributed by atoms with Gasteiger partial charge >= 0.3 is 0 Å². The summed E-state index contributed by atoms with van der Waals surface area (Å²) < 4.78 is 21.4. The van der Waals surface area contributed by atoms with Gasteiger partial charge < -0.3 is 15.0 Å². The fourth-order valence-corrected chi connectivity index (χ4v) is 5.16. The van der Waals surface area contributed by atoms with Gasteiger partial charge in [-0.1, -0.05) is 12.1 Å². The predicted molar refractivity (Wildman–Crippen MR) is 116 cm³/mol. The quantitative estimate of drug-likeness (QED) is 0.489. The van der Waals surface area contributed by atoms with Gasteiger partial charge in [0.2, 0.25) is 5.95 Å². The van der Waals surface area contributed by atoms with Crippen LogP contribution < -0.4 is 10.2 Å². The van der Waals surface area contributed by atoms with Gasteiger partial charge in [-0.05, 0) is 25.3 Å². The number of thiophene rings is 1. The van der Waals surface area contributed by atoms with Crippen LogP contribution in [0.25, 0.3) is 20.3 Å². The van der Waals surface area contributed by atoms with Gasteiger partial charge in [-0.2, -0.15) is 10.1 Å². The summed E-state index contributed by atoms with van der Waals surface area (Å²) in [5, 5.41) is 11.7. The first-order valence-corrected chi connectivity index (χ1v) is 11.0. The molecule has 1 saturated carbocycles. The van der Waals surface area contributed by atoms with E-state index in [1.54, 1.807) is 13.2 Å². The highest BCUT2D eigenvalue weighted by atomic mass is 32.1. The van der Waals surface area contributed by atoms with Crippen LogP contribution in [0.5, 0.6) is 0 Å². The maximum atomic E-state index is 14.5. The van der Waals surface area contributed by atoms with Crippen LogP contribution >= 0.6 is 11.3 Å². The zero-order valence-electron chi connectivity index (χ0n) is 16.5. The van der Waals surface area contributed by atoms with Gasteiger partial charge in [-0.15, -0.1) is 11.3 Å². The number of fused-ring (bicyclic) bond motifs is 3. The highest BCUT2D eigenvalue weighted by Crippen LogP contribution is 2.41. The van der Waals surface area contributed by atoms with Crippen molar-refractivity contribution < 1.29 is 9.13 Å². The number of nitrogens with zero attached hydrogens (tertiary/aromatic N) is 4. The van der Waals surface area contributed by atoms with Crippen molar-refractivity contribution in [1.29, 1.82) is 0 Å². The number of aromatic amines is 1. The van der Waals surface area contributed by atoms with Gasteiger partial charge in [-0.3, -0.25) is 5.10 Å². The average Bonchev–Trinajstić information content (AvgIpc) is 3.16. The number of nitrogens with one attached hydrogen (secondary N) is 2. The Hall–Kier alpha value is -2.78. The lowest BCUT2D eigenvalue weighted by Gasteiger charge is -2.17. The summed E-state index contributed by atoms with van der Waals surface area (Å²) in [5.74, 6) is 2.36. The Kier molecular flexibility index (Phi) is 4.14. The standard InChI is InChI=1S/C21H21FN6OS/c1-29-12-7-8-28(10-12)21-24-17-13-3-2-4-14(22)18(13)30-19(17)20(25-21)23-16-9-15(26-27-16)11-5-6-11/h2-4,9,11-12H,5-8,10H2,1H3,(H2,23,24,25,26,27)/t12-/m0/s1. The normalized spacial score (nSPS) is 19.3. The largest absolute Gasteiger partial charge is 0.380 e. The van der Waals surface area contributed by atoms with E-state index in [1.165, 1.54) is 30.2 Å². The predicted octanol–water partition coefficient (Wildman–Crippen LogP) is 4.55. The third-order valence-corrected chi connectivity index (χ3v) is 7.11. The molecule has 0 spiro atoms. The number of hydrogen-bond acceptors (Lipinski definition) is 7. The number of anilines is 3. The van der Waals surface area contributed by atoms with E-state index in [4.69, 9.17) is 14.7 Å². The number of aromatic nitrogens is 4. The van der Waals surface area contributed by atoms with Crippen LogP contribution in [0.2, 0.25) is 0 Å². The number of hydrogen-bond donors (Lipinski definition) is 2. The second-order valence-corrected chi connectivity index (χ2v) is 8.99. The highest BCUT2D eigenvalue weighted by molar-refractivity contribution is 7.26. The molecule has 2 N–H and O–H groups in total. The van der Waals surface area contributed by atoms with E-state index in [9.17, 15) is 4.39 Å². The Balaban J connectivity index is 1.48. The van der Waals surface area contributed by atoms with Gasteiger partial charge in [0.05, 0.1) is 21.0 Å². The number of H-pyrrole nitrogens is 1. The second-order valence-electron chi connectivity index (χ2n) is 7.97. The highest BCUT2D eigenvalue weighted by Gasteiger charge is 2.27. The van der Waals surface area contributed by atoms with E-state index < -0.39 is 0 Å². The van der Waals surface area contributed by atoms with Crippen LogP contribution in [-0.2, 0) is 4.74 Å². The molecule has 154 valence electrons. The summed E-state index contributed by atoms with van der Waals surface area (Å²) in [5.41, 5.74) is 1.91. The number of methoxy groups -OCH3 is 1. The van der Waals surface area contributed by atoms with Gasteiger partial charge in [0.1, 0.15) is 5.82 Å². The van der Waals surface area contributed by atoms with E-state index in [-0.39, 0.29) is 11.9 Å². The lowest BCUT2D eigenvalue weighted by molar-refractivity contribution is 0.121. The molecule has 1 aliphatic carbocycles. The van der Waals surface area contributed by atoms with Crippen molar-refractivity contribution in [2.75, 3.05) is 30.4 Å². The van der Waals surface area contributed by atoms with Crippen molar-refractivity contribution in [3.05, 3.63) is 35.8 Å². The summed E-state index contributed by atoms with van der Waals surface area (Å²) in [4.78, 5) is 11.8. The Morgan fingerprint density at radius 2 is 2.13 bits per heavy atom. The number of ether oxygens (including phenoxy) is 1. The Bertz CT molecular complexity index is 1250. The third kappa shape index (κ3) is 3.00. The molecular weight excluding hydrogens is 403 g/mol. The van der Waals surface area contributed by atoms with Crippen LogP contribution in [0.3, 0.4) is 0 Å². The summed E-state index contributed by atoms with van der Waals surface area (Å²) in [7, 11) is 1.73. The fourth-order valence-electron chi connectivity index (χ4n) is 4.07. The molecular formula is C21H21FN6OS. The molecule has 30 heavy (non-hydrogen) atoms. The van der Waals surface area contributed by atoms with E-state index in [2.05, 4.69) is 20.4 Å². The molecule has 0 amide bonds. The van der Waals surface area contributed by atoms with Gasteiger partial charge in [0, 0.05) is 43.3 Å². The molecule has 4 heterocycles. The van der Waals surface area contributed by atoms with Crippen LogP contribution in [-0.4, -0.2) is 46.5 Å². The molecule has 1 atom stereocenters. The summed E-state index contributed by atoms with van der Waals surface area (Å²) in [6.07, 6.45) is 3.51. The minimum Gasteiger partial charge on any atom is -0.380 e. The molecule has 1 aliphatic heterocycles. The molecule has 6 rings (SSSR count). The Morgan fingerprint density at radius 1 is 1.23 bits per heavy atom. The van der Waals surface area contributed by atoms with E-state index >= 15 is 0 Å². The molecule has 2 aliphatic rings. The third-order valence-electron chi connectivity index (χ3n) is 5.90. The van der Waals surface area contributed by atoms with Crippen molar-refractivity contribution >= 4 is 49.2 Å². The van der Waals surface area contributed by atoms with Crippen molar-refractivity contribution in [2.45, 2.75) is 31.3 Å². The van der Waals surface area contributed by atoms with Gasteiger partial charge in [0.15, 0.2) is 11.6 Å². The maximum absolute atomic E-state index is 14.5. The topological polar surface area (TPSA) is 79.0 Å². The molecule has 1 aromatic carbocycles. The summed E-state index contributed by atoms with van der Waals surface area (Å²) in [6.45, 7) is 1.57. The molecule has 2 fully saturated rings. The zero-order chi connectivity index (χ0) is 20.2. The summed E-state index contributed by atoms with van der Waals surface area (Å²) >= 11 is 1.37. The molecule has 1 saturated heterocycles. The first-order chi connectivity index (χ1) is 14.7. The second kappa shape index (κ2) is 6.88. The molecule has 3 aromatic heterocycles. The Labute approximate surface area is 176 Å². The molecule has 4 aromatic rings. The van der Waals surface area contributed by atoms with Gasteiger partial charge in [0.25, 0.3) is 0 Å². The van der Waals surface area contributed by atoms with Crippen LogP contribution in [0.4, 0.5) is 22.0 Å². The number of rotatable bonds is 5. The van der Waals surface area contributed by atoms with Crippen molar-refractivity contribution in [3.63, 3.8) is 0 Å². The lowest BCUT2D eigenvalue weighted by atomic mass is 10.2. The summed E-state index contributed by atoms with van der Waals surface area (Å²) in [6, 6.07) is 7.17. The number of benzene rings is 1. The molecule has 0 bridgehead atoms. The Morgan fingerprint density at radius 3 is 2.93 bits per heavy atom. The smallest absolute Gasteiger partial charge is 0.228 e. The minimum absolute atomic E-state index is 0.171. The first-order valence-electron chi connectivity index (χ1n) is 10.2. The molecule has 0 unspecified atom stereocenters.